The number of likely N-dealkylation sites (tertiary alicyclic amines) is 1. The summed E-state index contributed by atoms with van der Waals surface area (Å²) in [6, 6.07) is 3.18. The summed E-state index contributed by atoms with van der Waals surface area (Å²) in [5.41, 5.74) is 0.962. The van der Waals surface area contributed by atoms with Crippen LogP contribution in [0.1, 0.15) is 64.5 Å². The van der Waals surface area contributed by atoms with Gasteiger partial charge in [0.1, 0.15) is 0 Å². The molecule has 1 aromatic carbocycles. The van der Waals surface area contributed by atoms with Crippen LogP contribution in [0.4, 0.5) is 23.9 Å². The Kier molecular flexibility index (Phi) is 9.22. The van der Waals surface area contributed by atoms with Gasteiger partial charge in [0.15, 0.2) is 0 Å². The van der Waals surface area contributed by atoms with Crippen LogP contribution in [0.2, 0.25) is 5.02 Å². The Morgan fingerprint density at radius 1 is 1.12 bits per heavy atom. The molecule has 1 fully saturated rings. The fourth-order valence-corrected chi connectivity index (χ4v) is 5.53. The second kappa shape index (κ2) is 12.4. The number of anilines is 1. The zero-order valence-electron chi connectivity index (χ0n) is 23.0. The first-order chi connectivity index (χ1) is 19.0. The number of aromatic amines is 1. The normalized spacial score (nSPS) is 19.6. The van der Waals surface area contributed by atoms with E-state index in [2.05, 4.69) is 19.9 Å². The molecule has 0 saturated carbocycles. The zero-order chi connectivity index (χ0) is 29.0. The van der Waals surface area contributed by atoms with Gasteiger partial charge in [0, 0.05) is 53.8 Å². The molecule has 0 aliphatic carbocycles. The molecule has 4 rings (SSSR count). The number of aromatic nitrogens is 4. The molecule has 0 radical (unpaired) electrons. The Morgan fingerprint density at radius 2 is 1.77 bits per heavy atom. The van der Waals surface area contributed by atoms with E-state index in [1.807, 2.05) is 37.5 Å². The summed E-state index contributed by atoms with van der Waals surface area (Å²) >= 11 is 6.12. The predicted molar refractivity (Wildman–Crippen MR) is 147 cm³/mol. The second-order valence-corrected chi connectivity index (χ2v) is 10.7. The summed E-state index contributed by atoms with van der Waals surface area (Å²) in [5, 5.41) is 0.00342. The maximum Gasteiger partial charge on any atom is 0.416 e. The highest BCUT2D eigenvalue weighted by Crippen LogP contribution is 2.36. The van der Waals surface area contributed by atoms with Gasteiger partial charge in [-0.1, -0.05) is 25.4 Å². The summed E-state index contributed by atoms with van der Waals surface area (Å²) in [7, 11) is 0. The molecule has 1 saturated heterocycles. The fraction of sp³-hybridized carbons (Fsp3) is 0.500. The molecule has 0 bridgehead atoms. The largest absolute Gasteiger partial charge is 0.447 e. The van der Waals surface area contributed by atoms with E-state index in [9.17, 15) is 18.0 Å². The first kappa shape index (κ1) is 29.6. The third-order valence-corrected chi connectivity index (χ3v) is 7.35. The maximum absolute atomic E-state index is 13.6. The van der Waals surface area contributed by atoms with Gasteiger partial charge >= 0.3 is 12.3 Å². The van der Waals surface area contributed by atoms with E-state index >= 15 is 0 Å². The van der Waals surface area contributed by atoms with Crippen molar-refractivity contribution >= 4 is 23.6 Å². The number of halogens is 4. The molecule has 1 amide bonds. The molecule has 2 aromatic heterocycles. The van der Waals surface area contributed by atoms with Crippen LogP contribution in [0.25, 0.3) is 11.3 Å². The molecule has 1 N–H and O–H groups in total. The number of nitrogens with zero attached hydrogens (tertiary/aromatic N) is 5. The van der Waals surface area contributed by atoms with Crippen LogP contribution in [-0.4, -0.2) is 55.2 Å². The Hall–Kier alpha value is -3.34. The van der Waals surface area contributed by atoms with Gasteiger partial charge in [-0.3, -0.25) is 0 Å². The van der Waals surface area contributed by atoms with Crippen molar-refractivity contribution < 1.29 is 22.7 Å². The molecular weight excluding hydrogens is 545 g/mol. The Balaban J connectivity index is 1.70. The van der Waals surface area contributed by atoms with Crippen LogP contribution in [0.15, 0.2) is 43.1 Å². The number of amides is 1. The van der Waals surface area contributed by atoms with E-state index in [0.717, 1.165) is 12.1 Å². The average molecular weight is 579 g/mol. The first-order valence-electron chi connectivity index (χ1n) is 13.4. The molecule has 3 aromatic rings. The minimum absolute atomic E-state index is 0.00342. The van der Waals surface area contributed by atoms with E-state index < -0.39 is 11.7 Å². The van der Waals surface area contributed by atoms with Crippen LogP contribution >= 0.6 is 11.6 Å². The van der Waals surface area contributed by atoms with Crippen molar-refractivity contribution in [3.8, 4) is 11.3 Å². The Labute approximate surface area is 236 Å². The van der Waals surface area contributed by atoms with E-state index in [1.54, 1.807) is 24.9 Å². The molecular formula is C28H34ClF3N6O2. The standard InChI is InChI=1S/C28H34ClF3N6O2/c1-5-22-10-24(11-23(6-2)38(22)27(39)40-17(3)4)37(15-18-7-20(28(30,31)32)9-21(29)8-18)26-34-12-19(13-35-26)25-14-33-16-36-25/h7-9,12-14,16-17,22-24H,5-6,10-11,15H2,1-4H3,(H,33,36)/t22-,23+,24+. The maximum atomic E-state index is 13.6. The van der Waals surface area contributed by atoms with Gasteiger partial charge in [0.05, 0.1) is 23.7 Å². The lowest BCUT2D eigenvalue weighted by Gasteiger charge is -2.47. The SMILES string of the molecule is CC[C@@H]1C[C@H](N(Cc2cc(Cl)cc(C(F)(F)F)c2)c2ncc(-c3c[nH]cn3)cn2)C[C@H](CC)N1C(=O)OC(C)C. The molecule has 0 unspecified atom stereocenters. The summed E-state index contributed by atoms with van der Waals surface area (Å²) < 4.78 is 46.3. The molecule has 0 spiro atoms. The molecule has 1 aliphatic heterocycles. The van der Waals surface area contributed by atoms with Crippen molar-refractivity contribution in [3.05, 3.63) is 59.3 Å². The van der Waals surface area contributed by atoms with Crippen LogP contribution in [0.3, 0.4) is 0 Å². The number of nitrogens with one attached hydrogen (secondary N) is 1. The highest BCUT2D eigenvalue weighted by Gasteiger charge is 2.41. The molecule has 8 nitrogen and oxygen atoms in total. The van der Waals surface area contributed by atoms with Gasteiger partial charge in [0.25, 0.3) is 0 Å². The number of carbonyl (C=O) groups is 1. The minimum atomic E-state index is -4.53. The van der Waals surface area contributed by atoms with Crippen LogP contribution in [0, 0.1) is 0 Å². The second-order valence-electron chi connectivity index (χ2n) is 10.3. The number of hydrogen-bond acceptors (Lipinski definition) is 6. The van der Waals surface area contributed by atoms with Crippen molar-refractivity contribution in [2.24, 2.45) is 0 Å². The van der Waals surface area contributed by atoms with Crippen LogP contribution < -0.4 is 4.90 Å². The number of imidazole rings is 1. The monoisotopic (exact) mass is 578 g/mol. The van der Waals surface area contributed by atoms with E-state index in [1.165, 1.54) is 6.07 Å². The Morgan fingerprint density at radius 3 is 2.30 bits per heavy atom. The van der Waals surface area contributed by atoms with Gasteiger partial charge in [-0.15, -0.1) is 0 Å². The van der Waals surface area contributed by atoms with E-state index in [0.29, 0.717) is 48.5 Å². The van der Waals surface area contributed by atoms with Crippen LogP contribution in [-0.2, 0) is 17.5 Å². The van der Waals surface area contributed by atoms with Gasteiger partial charge < -0.3 is 19.5 Å². The third kappa shape index (κ3) is 6.86. The number of hydrogen-bond donors (Lipinski definition) is 1. The lowest BCUT2D eigenvalue weighted by atomic mass is 9.87. The summed E-state index contributed by atoms with van der Waals surface area (Å²) in [6.45, 7) is 7.78. The molecule has 12 heteroatoms. The minimum Gasteiger partial charge on any atom is -0.447 e. The van der Waals surface area contributed by atoms with Crippen molar-refractivity contribution in [2.45, 2.75) is 90.3 Å². The van der Waals surface area contributed by atoms with Crippen molar-refractivity contribution in [1.82, 2.24) is 24.8 Å². The van der Waals surface area contributed by atoms with Crippen LogP contribution in [0.5, 0.6) is 0 Å². The highest BCUT2D eigenvalue weighted by molar-refractivity contribution is 6.30. The predicted octanol–water partition coefficient (Wildman–Crippen LogP) is 7.11. The number of H-pyrrole nitrogens is 1. The fourth-order valence-electron chi connectivity index (χ4n) is 5.28. The molecule has 1 aliphatic rings. The topological polar surface area (TPSA) is 87.2 Å². The number of benzene rings is 1. The number of carbonyl (C=O) groups excluding carboxylic acids is 1. The molecule has 40 heavy (non-hydrogen) atoms. The lowest BCUT2D eigenvalue weighted by molar-refractivity contribution is -0.137. The zero-order valence-corrected chi connectivity index (χ0v) is 23.7. The lowest BCUT2D eigenvalue weighted by Crippen LogP contribution is -2.57. The van der Waals surface area contributed by atoms with Gasteiger partial charge in [-0.25, -0.2) is 19.7 Å². The van der Waals surface area contributed by atoms with Crippen molar-refractivity contribution in [3.63, 3.8) is 0 Å². The average Bonchev–Trinajstić information content (AvgIpc) is 3.45. The third-order valence-electron chi connectivity index (χ3n) is 7.13. The molecule has 3 atom stereocenters. The summed E-state index contributed by atoms with van der Waals surface area (Å²) in [4.78, 5) is 33.1. The quantitative estimate of drug-likeness (QED) is 0.306. The van der Waals surface area contributed by atoms with Crippen molar-refractivity contribution in [1.29, 1.82) is 0 Å². The molecule has 216 valence electrons. The Bertz CT molecular complexity index is 1260. The number of piperidine rings is 1. The van der Waals surface area contributed by atoms with Gasteiger partial charge in [-0.05, 0) is 63.3 Å². The van der Waals surface area contributed by atoms with Crippen molar-refractivity contribution in [2.75, 3.05) is 4.90 Å². The molecule has 3 heterocycles. The highest BCUT2D eigenvalue weighted by atomic mass is 35.5. The first-order valence-corrected chi connectivity index (χ1v) is 13.8. The summed E-state index contributed by atoms with van der Waals surface area (Å²) in [5.74, 6) is 0.376. The number of ether oxygens (including phenoxy) is 1. The number of alkyl halides is 3. The van der Waals surface area contributed by atoms with E-state index in [-0.39, 0.29) is 41.9 Å². The van der Waals surface area contributed by atoms with Gasteiger partial charge in [0.2, 0.25) is 5.95 Å². The smallest absolute Gasteiger partial charge is 0.416 e. The van der Waals surface area contributed by atoms with E-state index in [4.69, 9.17) is 16.3 Å². The summed E-state index contributed by atoms with van der Waals surface area (Å²) in [6.07, 6.45) is 4.01. The number of rotatable bonds is 8. The van der Waals surface area contributed by atoms with Gasteiger partial charge in [-0.2, -0.15) is 13.2 Å².